The van der Waals surface area contributed by atoms with E-state index in [9.17, 15) is 4.79 Å². The number of hydrogen-bond donors (Lipinski definition) is 1. The van der Waals surface area contributed by atoms with Crippen LogP contribution in [0.15, 0.2) is 83.6 Å². The standard InChI is InChI=1S/C28H23N5O2/c1-18-5-2-3-6-22(18)27-32-31-26(35-27)20-8-10-21(11-9-20)28(34)33-15-12-19(13-16-33)24-17-30-25-23(24)7-4-14-29-25/h2-12,14,17H,13,15-16H2,1H3,(H,29,30). The van der Waals surface area contributed by atoms with Crippen LogP contribution in [0.25, 0.3) is 39.5 Å². The molecule has 0 unspecified atom stereocenters. The zero-order valence-corrected chi connectivity index (χ0v) is 19.2. The van der Waals surface area contributed by atoms with Gasteiger partial charge in [-0.3, -0.25) is 4.79 Å². The number of carbonyl (C=O) groups excluding carboxylic acids is 1. The molecule has 0 saturated carbocycles. The van der Waals surface area contributed by atoms with E-state index in [1.165, 1.54) is 5.57 Å². The molecule has 0 fully saturated rings. The number of benzene rings is 2. The summed E-state index contributed by atoms with van der Waals surface area (Å²) in [5.41, 5.74) is 6.69. The Bertz CT molecular complexity index is 1560. The summed E-state index contributed by atoms with van der Waals surface area (Å²) in [5, 5.41) is 9.50. The zero-order valence-electron chi connectivity index (χ0n) is 19.2. The molecule has 2 aromatic carbocycles. The van der Waals surface area contributed by atoms with Gasteiger partial charge in [0.15, 0.2) is 0 Å². The van der Waals surface area contributed by atoms with Crippen LogP contribution in [-0.2, 0) is 0 Å². The molecule has 35 heavy (non-hydrogen) atoms. The lowest BCUT2D eigenvalue weighted by Gasteiger charge is -2.26. The fraction of sp³-hybridized carbons (Fsp3) is 0.143. The number of hydrogen-bond acceptors (Lipinski definition) is 5. The second-order valence-corrected chi connectivity index (χ2v) is 8.64. The fourth-order valence-corrected chi connectivity index (χ4v) is 4.52. The van der Waals surface area contributed by atoms with Crippen LogP contribution in [0.4, 0.5) is 0 Å². The first-order valence-electron chi connectivity index (χ1n) is 11.6. The molecule has 3 aromatic heterocycles. The third-order valence-electron chi connectivity index (χ3n) is 6.47. The van der Waals surface area contributed by atoms with Crippen LogP contribution in [-0.4, -0.2) is 44.1 Å². The SMILES string of the molecule is Cc1ccccc1-c1nnc(-c2ccc(C(=O)N3CC=C(c4c[nH]c5ncccc45)CC3)cc2)o1. The Kier molecular flexibility index (Phi) is 5.22. The summed E-state index contributed by atoms with van der Waals surface area (Å²) in [6.07, 6.45) is 6.72. The number of aromatic amines is 1. The number of pyridine rings is 1. The first-order chi connectivity index (χ1) is 17.2. The minimum atomic E-state index is 0.0126. The summed E-state index contributed by atoms with van der Waals surface area (Å²) in [6, 6.07) is 19.3. The van der Waals surface area contributed by atoms with Crippen LogP contribution in [0.5, 0.6) is 0 Å². The number of aromatic nitrogens is 4. The highest BCUT2D eigenvalue weighted by Gasteiger charge is 2.21. The summed E-state index contributed by atoms with van der Waals surface area (Å²) in [4.78, 5) is 22.6. The highest BCUT2D eigenvalue weighted by Crippen LogP contribution is 2.29. The Morgan fingerprint density at radius 2 is 1.80 bits per heavy atom. The van der Waals surface area contributed by atoms with Crippen molar-refractivity contribution < 1.29 is 9.21 Å². The molecule has 6 rings (SSSR count). The van der Waals surface area contributed by atoms with E-state index in [1.54, 1.807) is 6.20 Å². The smallest absolute Gasteiger partial charge is 0.254 e. The average Bonchev–Trinajstić information content (AvgIpc) is 3.57. The van der Waals surface area contributed by atoms with E-state index >= 15 is 0 Å². The maximum Gasteiger partial charge on any atom is 0.254 e. The van der Waals surface area contributed by atoms with Gasteiger partial charge in [0.25, 0.3) is 5.91 Å². The molecule has 0 radical (unpaired) electrons. The van der Waals surface area contributed by atoms with Gasteiger partial charge in [-0.1, -0.05) is 24.3 Å². The first-order valence-corrected chi connectivity index (χ1v) is 11.6. The van der Waals surface area contributed by atoms with Crippen molar-refractivity contribution in [3.8, 4) is 22.9 Å². The molecule has 0 bridgehead atoms. The highest BCUT2D eigenvalue weighted by atomic mass is 16.4. The first kappa shape index (κ1) is 21.0. The summed E-state index contributed by atoms with van der Waals surface area (Å²) in [7, 11) is 0. The van der Waals surface area contributed by atoms with Crippen molar-refractivity contribution in [2.24, 2.45) is 0 Å². The predicted molar refractivity (Wildman–Crippen MR) is 134 cm³/mol. The van der Waals surface area contributed by atoms with Crippen molar-refractivity contribution in [3.63, 3.8) is 0 Å². The van der Waals surface area contributed by atoms with Gasteiger partial charge in [0.05, 0.1) is 0 Å². The maximum absolute atomic E-state index is 13.1. The van der Waals surface area contributed by atoms with Gasteiger partial charge in [-0.05, 0) is 66.9 Å². The lowest BCUT2D eigenvalue weighted by atomic mass is 9.99. The number of amides is 1. The quantitative estimate of drug-likeness (QED) is 0.381. The molecule has 1 aliphatic rings. The van der Waals surface area contributed by atoms with Crippen LogP contribution in [0.1, 0.15) is 27.9 Å². The number of nitrogens with one attached hydrogen (secondary N) is 1. The normalized spacial score (nSPS) is 13.7. The predicted octanol–water partition coefficient (Wildman–Crippen LogP) is 5.52. The Balaban J connectivity index is 1.16. The summed E-state index contributed by atoms with van der Waals surface area (Å²) in [5.74, 6) is 0.930. The van der Waals surface area contributed by atoms with Gasteiger partial charge in [-0.15, -0.1) is 10.2 Å². The molecule has 7 heteroatoms. The molecule has 5 aromatic rings. The van der Waals surface area contributed by atoms with Crippen molar-refractivity contribution in [2.45, 2.75) is 13.3 Å². The van der Waals surface area contributed by atoms with E-state index in [4.69, 9.17) is 4.42 Å². The number of aryl methyl sites for hydroxylation is 1. The highest BCUT2D eigenvalue weighted by molar-refractivity contribution is 5.96. The van der Waals surface area contributed by atoms with Crippen molar-refractivity contribution in [3.05, 3.63) is 95.8 Å². The van der Waals surface area contributed by atoms with Crippen LogP contribution in [0, 0.1) is 6.92 Å². The molecule has 0 saturated heterocycles. The van der Waals surface area contributed by atoms with Gasteiger partial charge in [0.1, 0.15) is 5.65 Å². The molecule has 172 valence electrons. The zero-order chi connectivity index (χ0) is 23.8. The number of H-pyrrole nitrogens is 1. The van der Waals surface area contributed by atoms with Gasteiger partial charge in [-0.2, -0.15) is 0 Å². The van der Waals surface area contributed by atoms with Gasteiger partial charge in [-0.25, -0.2) is 4.98 Å². The van der Waals surface area contributed by atoms with E-state index in [0.717, 1.165) is 39.7 Å². The summed E-state index contributed by atoms with van der Waals surface area (Å²) < 4.78 is 5.90. The molecule has 0 atom stereocenters. The number of nitrogens with zero attached hydrogens (tertiary/aromatic N) is 4. The molecular weight excluding hydrogens is 438 g/mol. The molecule has 4 heterocycles. The fourth-order valence-electron chi connectivity index (χ4n) is 4.52. The number of fused-ring (bicyclic) bond motifs is 1. The number of carbonyl (C=O) groups is 1. The van der Waals surface area contributed by atoms with Crippen molar-refractivity contribution in [2.75, 3.05) is 13.1 Å². The molecule has 0 aliphatic carbocycles. The Morgan fingerprint density at radius 1 is 0.971 bits per heavy atom. The van der Waals surface area contributed by atoms with Crippen LogP contribution in [0.3, 0.4) is 0 Å². The van der Waals surface area contributed by atoms with Crippen molar-refractivity contribution in [1.82, 2.24) is 25.1 Å². The van der Waals surface area contributed by atoms with E-state index in [2.05, 4.69) is 32.3 Å². The third kappa shape index (κ3) is 3.91. The second-order valence-electron chi connectivity index (χ2n) is 8.64. The summed E-state index contributed by atoms with van der Waals surface area (Å²) in [6.45, 7) is 3.26. The third-order valence-corrected chi connectivity index (χ3v) is 6.47. The van der Waals surface area contributed by atoms with Gasteiger partial charge >= 0.3 is 0 Å². The van der Waals surface area contributed by atoms with Crippen molar-refractivity contribution in [1.29, 1.82) is 0 Å². The monoisotopic (exact) mass is 461 g/mol. The maximum atomic E-state index is 13.1. The lowest BCUT2D eigenvalue weighted by molar-refractivity contribution is 0.0773. The molecule has 7 nitrogen and oxygen atoms in total. The van der Waals surface area contributed by atoms with Crippen LogP contribution < -0.4 is 0 Å². The Hall–Kier alpha value is -4.52. The van der Waals surface area contributed by atoms with E-state index in [1.807, 2.05) is 72.6 Å². The lowest BCUT2D eigenvalue weighted by Crippen LogP contribution is -2.34. The number of rotatable bonds is 4. The van der Waals surface area contributed by atoms with Gasteiger partial charge < -0.3 is 14.3 Å². The minimum absolute atomic E-state index is 0.0126. The summed E-state index contributed by atoms with van der Waals surface area (Å²) >= 11 is 0. The van der Waals surface area contributed by atoms with E-state index in [0.29, 0.717) is 30.4 Å². The molecule has 1 amide bonds. The average molecular weight is 462 g/mol. The van der Waals surface area contributed by atoms with Crippen LogP contribution >= 0.6 is 0 Å². The Labute approximate surface area is 202 Å². The Morgan fingerprint density at radius 3 is 2.60 bits per heavy atom. The topological polar surface area (TPSA) is 87.9 Å². The van der Waals surface area contributed by atoms with Gasteiger partial charge in [0.2, 0.25) is 11.8 Å². The van der Waals surface area contributed by atoms with Crippen molar-refractivity contribution >= 4 is 22.5 Å². The van der Waals surface area contributed by atoms with Gasteiger partial charge in [0, 0.05) is 53.1 Å². The molecule has 1 aliphatic heterocycles. The molecule has 1 N–H and O–H groups in total. The largest absolute Gasteiger partial charge is 0.416 e. The second kappa shape index (κ2) is 8.68. The molecular formula is C28H23N5O2. The van der Waals surface area contributed by atoms with E-state index in [-0.39, 0.29) is 5.91 Å². The molecule has 0 spiro atoms. The van der Waals surface area contributed by atoms with E-state index < -0.39 is 0 Å². The van der Waals surface area contributed by atoms with Crippen LogP contribution in [0.2, 0.25) is 0 Å². The minimum Gasteiger partial charge on any atom is -0.416 e.